The van der Waals surface area contributed by atoms with E-state index in [1.165, 1.54) is 0 Å². The van der Waals surface area contributed by atoms with Crippen molar-refractivity contribution in [1.82, 2.24) is 4.90 Å². The Labute approximate surface area is 94.9 Å². The third-order valence-corrected chi connectivity index (χ3v) is 3.52. The minimum absolute atomic E-state index is 0.149. The van der Waals surface area contributed by atoms with Crippen LogP contribution in [-0.4, -0.2) is 29.1 Å². The van der Waals surface area contributed by atoms with Crippen molar-refractivity contribution in [3.8, 4) is 0 Å². The van der Waals surface area contributed by atoms with Gasteiger partial charge in [-0.3, -0.25) is 9.69 Å². The van der Waals surface area contributed by atoms with Crippen LogP contribution in [0.1, 0.15) is 32.1 Å². The van der Waals surface area contributed by atoms with Gasteiger partial charge in [-0.05, 0) is 32.4 Å². The predicted molar refractivity (Wildman–Crippen MR) is 59.1 cm³/mol. The number of carboxylic acids is 1. The van der Waals surface area contributed by atoms with Crippen LogP contribution in [0.2, 0.25) is 0 Å². The Hall–Kier alpha value is -1.29. The van der Waals surface area contributed by atoms with E-state index < -0.39 is 11.4 Å². The van der Waals surface area contributed by atoms with Gasteiger partial charge in [0.2, 0.25) is 0 Å². The van der Waals surface area contributed by atoms with Crippen LogP contribution in [0, 0.1) is 5.41 Å². The molecule has 1 aromatic rings. The van der Waals surface area contributed by atoms with E-state index >= 15 is 0 Å². The van der Waals surface area contributed by atoms with E-state index in [2.05, 4.69) is 4.90 Å². The van der Waals surface area contributed by atoms with Gasteiger partial charge in [-0.25, -0.2) is 0 Å². The first-order valence-corrected chi connectivity index (χ1v) is 5.54. The standard InChI is InChI=1S/C12H17NO3/c1-9(10-4-3-7-16-10)13-6-5-12(2,8-13)11(14)15/h3-4,7,9H,5-6,8H2,1-2H3,(H,14,15). The summed E-state index contributed by atoms with van der Waals surface area (Å²) in [5.74, 6) is 0.191. The highest BCUT2D eigenvalue weighted by atomic mass is 16.4. The summed E-state index contributed by atoms with van der Waals surface area (Å²) in [6, 6.07) is 3.94. The lowest BCUT2D eigenvalue weighted by molar-refractivity contribution is -0.147. The number of carbonyl (C=O) groups is 1. The zero-order valence-corrected chi connectivity index (χ0v) is 9.64. The monoisotopic (exact) mass is 223 g/mol. The van der Waals surface area contributed by atoms with Crippen molar-refractivity contribution in [2.24, 2.45) is 5.41 Å². The second kappa shape index (κ2) is 3.94. The summed E-state index contributed by atoms with van der Waals surface area (Å²) in [5, 5.41) is 9.15. The van der Waals surface area contributed by atoms with Gasteiger partial charge in [0.15, 0.2) is 0 Å². The summed E-state index contributed by atoms with van der Waals surface area (Å²) in [6.45, 7) is 5.26. The van der Waals surface area contributed by atoms with Crippen molar-refractivity contribution in [3.05, 3.63) is 24.2 Å². The van der Waals surface area contributed by atoms with Crippen molar-refractivity contribution in [1.29, 1.82) is 0 Å². The van der Waals surface area contributed by atoms with Crippen LogP contribution in [0.5, 0.6) is 0 Å². The summed E-state index contributed by atoms with van der Waals surface area (Å²) in [4.78, 5) is 13.3. The minimum atomic E-state index is -0.707. The van der Waals surface area contributed by atoms with E-state index in [1.54, 1.807) is 6.26 Å². The molecule has 0 aliphatic carbocycles. The van der Waals surface area contributed by atoms with E-state index in [-0.39, 0.29) is 6.04 Å². The number of hydrogen-bond donors (Lipinski definition) is 1. The smallest absolute Gasteiger partial charge is 0.310 e. The zero-order valence-electron chi connectivity index (χ0n) is 9.64. The Balaban J connectivity index is 2.07. The maximum Gasteiger partial charge on any atom is 0.310 e. The molecule has 2 rings (SSSR count). The van der Waals surface area contributed by atoms with Gasteiger partial charge in [-0.1, -0.05) is 0 Å². The van der Waals surface area contributed by atoms with Gasteiger partial charge < -0.3 is 9.52 Å². The first-order valence-electron chi connectivity index (χ1n) is 5.54. The number of likely N-dealkylation sites (tertiary alicyclic amines) is 1. The van der Waals surface area contributed by atoms with Gasteiger partial charge in [0.05, 0.1) is 17.7 Å². The third-order valence-electron chi connectivity index (χ3n) is 3.52. The molecule has 1 N–H and O–H groups in total. The molecule has 0 aromatic carbocycles. The SMILES string of the molecule is CC(c1ccco1)N1CCC(C)(C(=O)O)C1. The number of rotatable bonds is 3. The van der Waals surface area contributed by atoms with Crippen LogP contribution in [0.15, 0.2) is 22.8 Å². The van der Waals surface area contributed by atoms with Crippen molar-refractivity contribution in [2.45, 2.75) is 26.3 Å². The largest absolute Gasteiger partial charge is 0.481 e. The Bertz CT molecular complexity index is 374. The molecular formula is C12H17NO3. The molecule has 0 saturated carbocycles. The Kier molecular flexibility index (Phi) is 2.76. The maximum absolute atomic E-state index is 11.1. The average Bonchev–Trinajstić information content (AvgIpc) is 2.85. The summed E-state index contributed by atoms with van der Waals surface area (Å²) in [6.07, 6.45) is 2.35. The predicted octanol–water partition coefficient (Wildman–Crippen LogP) is 2.14. The molecule has 4 heteroatoms. The van der Waals surface area contributed by atoms with Gasteiger partial charge in [0.25, 0.3) is 0 Å². The molecule has 2 heterocycles. The first kappa shape index (κ1) is 11.2. The Morgan fingerprint density at radius 2 is 2.44 bits per heavy atom. The number of hydrogen-bond acceptors (Lipinski definition) is 3. The van der Waals surface area contributed by atoms with Crippen molar-refractivity contribution < 1.29 is 14.3 Å². The van der Waals surface area contributed by atoms with Gasteiger partial charge in [0.1, 0.15) is 5.76 Å². The number of aliphatic carboxylic acids is 1. The molecule has 2 atom stereocenters. The van der Waals surface area contributed by atoms with Crippen LogP contribution in [0.25, 0.3) is 0 Å². The van der Waals surface area contributed by atoms with Crippen molar-refractivity contribution in [2.75, 3.05) is 13.1 Å². The van der Waals surface area contributed by atoms with Crippen molar-refractivity contribution >= 4 is 5.97 Å². The molecule has 1 aliphatic rings. The van der Waals surface area contributed by atoms with Crippen LogP contribution < -0.4 is 0 Å². The van der Waals surface area contributed by atoms with Gasteiger partial charge in [-0.2, -0.15) is 0 Å². The summed E-state index contributed by atoms with van der Waals surface area (Å²) >= 11 is 0. The van der Waals surface area contributed by atoms with E-state index in [1.807, 2.05) is 26.0 Å². The Morgan fingerprint density at radius 3 is 2.94 bits per heavy atom. The second-order valence-corrected chi connectivity index (χ2v) is 4.78. The van der Waals surface area contributed by atoms with E-state index in [0.717, 1.165) is 12.3 Å². The molecule has 16 heavy (non-hydrogen) atoms. The van der Waals surface area contributed by atoms with E-state index in [0.29, 0.717) is 13.0 Å². The lowest BCUT2D eigenvalue weighted by Crippen LogP contribution is -2.32. The molecule has 0 radical (unpaired) electrons. The van der Waals surface area contributed by atoms with Crippen LogP contribution in [0.3, 0.4) is 0 Å². The summed E-state index contributed by atoms with van der Waals surface area (Å²) in [5.41, 5.74) is -0.610. The average molecular weight is 223 g/mol. The molecule has 2 unspecified atom stereocenters. The van der Waals surface area contributed by atoms with Crippen LogP contribution >= 0.6 is 0 Å². The van der Waals surface area contributed by atoms with Crippen LogP contribution in [0.4, 0.5) is 0 Å². The maximum atomic E-state index is 11.1. The second-order valence-electron chi connectivity index (χ2n) is 4.78. The third kappa shape index (κ3) is 1.85. The number of nitrogens with zero attached hydrogens (tertiary/aromatic N) is 1. The van der Waals surface area contributed by atoms with E-state index in [9.17, 15) is 4.79 Å². The molecule has 1 aromatic heterocycles. The molecular weight excluding hydrogens is 206 g/mol. The zero-order chi connectivity index (χ0) is 11.8. The number of furan rings is 1. The van der Waals surface area contributed by atoms with Gasteiger partial charge >= 0.3 is 5.97 Å². The fourth-order valence-corrected chi connectivity index (χ4v) is 2.21. The lowest BCUT2D eigenvalue weighted by atomic mass is 9.90. The van der Waals surface area contributed by atoms with Crippen molar-refractivity contribution in [3.63, 3.8) is 0 Å². The molecule has 1 fully saturated rings. The van der Waals surface area contributed by atoms with Gasteiger partial charge in [-0.15, -0.1) is 0 Å². The fourth-order valence-electron chi connectivity index (χ4n) is 2.21. The molecule has 4 nitrogen and oxygen atoms in total. The highest BCUT2D eigenvalue weighted by Crippen LogP contribution is 2.35. The number of carboxylic acid groups (broad SMARTS) is 1. The highest BCUT2D eigenvalue weighted by molar-refractivity contribution is 5.74. The minimum Gasteiger partial charge on any atom is -0.481 e. The normalized spacial score (nSPS) is 28.1. The lowest BCUT2D eigenvalue weighted by Gasteiger charge is -2.24. The first-order chi connectivity index (χ1) is 7.53. The van der Waals surface area contributed by atoms with Crippen LogP contribution in [-0.2, 0) is 4.79 Å². The Morgan fingerprint density at radius 1 is 1.69 bits per heavy atom. The quantitative estimate of drug-likeness (QED) is 0.853. The molecule has 0 amide bonds. The highest BCUT2D eigenvalue weighted by Gasteiger charge is 2.42. The molecule has 1 aliphatic heterocycles. The molecule has 0 bridgehead atoms. The summed E-state index contributed by atoms with van der Waals surface area (Å²) < 4.78 is 5.35. The topological polar surface area (TPSA) is 53.7 Å². The van der Waals surface area contributed by atoms with Gasteiger partial charge in [0, 0.05) is 13.1 Å². The summed E-state index contributed by atoms with van der Waals surface area (Å²) in [7, 11) is 0. The fraction of sp³-hybridized carbons (Fsp3) is 0.583. The van der Waals surface area contributed by atoms with E-state index in [4.69, 9.17) is 9.52 Å². The molecule has 0 spiro atoms. The molecule has 1 saturated heterocycles. The molecule has 88 valence electrons.